The fourth-order valence-corrected chi connectivity index (χ4v) is 4.46. The van der Waals surface area contributed by atoms with Gasteiger partial charge in [-0.1, -0.05) is 18.2 Å². The summed E-state index contributed by atoms with van der Waals surface area (Å²) in [5.41, 5.74) is 3.56. The van der Waals surface area contributed by atoms with Crippen LogP contribution >= 0.6 is 11.3 Å². The van der Waals surface area contributed by atoms with Crippen molar-refractivity contribution in [2.45, 2.75) is 13.1 Å². The first-order chi connectivity index (χ1) is 14.6. The minimum atomic E-state index is -0.0466. The second kappa shape index (κ2) is 8.59. The van der Waals surface area contributed by atoms with Crippen molar-refractivity contribution in [3.05, 3.63) is 77.1 Å². The van der Waals surface area contributed by atoms with Crippen LogP contribution in [0.3, 0.4) is 0 Å². The Kier molecular flexibility index (Phi) is 5.72. The van der Waals surface area contributed by atoms with Crippen LogP contribution in [-0.2, 0) is 20.1 Å². The molecule has 0 saturated carbocycles. The summed E-state index contributed by atoms with van der Waals surface area (Å²) < 4.78 is 14.1. The van der Waals surface area contributed by atoms with E-state index in [2.05, 4.69) is 4.98 Å². The third kappa shape index (κ3) is 3.76. The second-order valence-electron chi connectivity index (χ2n) is 6.93. The minimum absolute atomic E-state index is 0.0466. The van der Waals surface area contributed by atoms with Gasteiger partial charge in [0.05, 0.1) is 31.0 Å². The Labute approximate surface area is 179 Å². The van der Waals surface area contributed by atoms with Gasteiger partial charge in [-0.3, -0.25) is 9.78 Å². The highest BCUT2D eigenvalue weighted by Gasteiger charge is 2.23. The average molecular weight is 422 g/mol. The molecule has 0 N–H and O–H groups in total. The first kappa shape index (κ1) is 20.0. The van der Waals surface area contributed by atoms with Gasteiger partial charge in [0.2, 0.25) is 0 Å². The van der Waals surface area contributed by atoms with Crippen LogP contribution in [0.4, 0.5) is 0 Å². The molecular weight excluding hydrogens is 398 g/mol. The Bertz CT molecular complexity index is 1170. The normalized spacial score (nSPS) is 10.9. The predicted molar refractivity (Wildman–Crippen MR) is 118 cm³/mol. The number of carbonyl (C=O) groups excluding carboxylic acids is 1. The average Bonchev–Trinajstić information content (AvgIpc) is 3.36. The molecule has 6 nitrogen and oxygen atoms in total. The zero-order valence-electron chi connectivity index (χ0n) is 17.2. The van der Waals surface area contributed by atoms with Crippen LogP contribution in [0.15, 0.2) is 60.2 Å². The fourth-order valence-electron chi connectivity index (χ4n) is 3.61. The zero-order valence-corrected chi connectivity index (χ0v) is 18.0. The van der Waals surface area contributed by atoms with Crippen LogP contribution in [0.1, 0.15) is 21.6 Å². The summed E-state index contributed by atoms with van der Waals surface area (Å²) in [6.45, 7) is 0.818. The number of benzene rings is 1. The van der Waals surface area contributed by atoms with Crippen LogP contribution in [0.5, 0.6) is 11.5 Å². The van der Waals surface area contributed by atoms with Gasteiger partial charge in [0.1, 0.15) is 5.69 Å². The molecule has 7 heteroatoms. The van der Waals surface area contributed by atoms with Gasteiger partial charge in [0.25, 0.3) is 5.91 Å². The van der Waals surface area contributed by atoms with Crippen LogP contribution in [0.2, 0.25) is 0 Å². The van der Waals surface area contributed by atoms with Crippen LogP contribution in [-0.4, -0.2) is 34.6 Å². The van der Waals surface area contributed by atoms with Gasteiger partial charge in [0, 0.05) is 31.5 Å². The summed E-state index contributed by atoms with van der Waals surface area (Å²) in [5.74, 6) is 1.23. The van der Waals surface area contributed by atoms with Gasteiger partial charge in [0.15, 0.2) is 11.5 Å². The van der Waals surface area contributed by atoms with Crippen molar-refractivity contribution in [1.29, 1.82) is 0 Å². The number of para-hydroxylation sites is 1. The Morgan fingerprint density at radius 3 is 2.70 bits per heavy atom. The number of thiophene rings is 1. The molecule has 3 aromatic heterocycles. The Hall–Kier alpha value is -3.32. The number of pyridine rings is 1. The van der Waals surface area contributed by atoms with Crippen LogP contribution in [0.25, 0.3) is 10.2 Å². The van der Waals surface area contributed by atoms with E-state index in [1.54, 1.807) is 38.0 Å². The molecule has 0 aliphatic carbocycles. The van der Waals surface area contributed by atoms with E-state index in [1.165, 1.54) is 0 Å². The third-order valence-corrected chi connectivity index (χ3v) is 5.97. The number of amides is 1. The number of carbonyl (C=O) groups is 1. The van der Waals surface area contributed by atoms with E-state index >= 15 is 0 Å². The maximum atomic E-state index is 13.6. The summed E-state index contributed by atoms with van der Waals surface area (Å²) in [5, 5.41) is 2.04. The number of fused-ring (bicyclic) bond motifs is 1. The topological polar surface area (TPSA) is 56.6 Å². The largest absolute Gasteiger partial charge is 0.493 e. The smallest absolute Gasteiger partial charge is 0.271 e. The SMILES string of the molecule is COc1cccc(CN(Cc2cccnc2)C(=O)c2cc3sccc3n2C)c1OC. The molecule has 4 aromatic rings. The van der Waals surface area contributed by atoms with Crippen molar-refractivity contribution >= 4 is 27.5 Å². The molecule has 0 radical (unpaired) electrons. The molecule has 0 aliphatic heterocycles. The molecule has 3 heterocycles. The molecule has 0 unspecified atom stereocenters. The van der Waals surface area contributed by atoms with Gasteiger partial charge in [-0.25, -0.2) is 0 Å². The molecule has 0 spiro atoms. The van der Waals surface area contributed by atoms with Crippen molar-refractivity contribution in [1.82, 2.24) is 14.5 Å². The number of rotatable bonds is 7. The first-order valence-corrected chi connectivity index (χ1v) is 10.4. The first-order valence-electron chi connectivity index (χ1n) is 9.53. The number of hydrogen-bond donors (Lipinski definition) is 0. The summed E-state index contributed by atoms with van der Waals surface area (Å²) in [6.07, 6.45) is 3.51. The number of methoxy groups -OCH3 is 2. The van der Waals surface area contributed by atoms with Crippen molar-refractivity contribution in [2.75, 3.05) is 14.2 Å². The highest BCUT2D eigenvalue weighted by molar-refractivity contribution is 7.17. The van der Waals surface area contributed by atoms with Gasteiger partial charge >= 0.3 is 0 Å². The van der Waals surface area contributed by atoms with E-state index in [0.717, 1.165) is 21.3 Å². The molecule has 1 aromatic carbocycles. The van der Waals surface area contributed by atoms with Gasteiger partial charge in [-0.05, 0) is 35.2 Å². The highest BCUT2D eigenvalue weighted by Crippen LogP contribution is 2.32. The monoisotopic (exact) mass is 421 g/mol. The van der Waals surface area contributed by atoms with E-state index in [4.69, 9.17) is 9.47 Å². The zero-order chi connectivity index (χ0) is 21.1. The number of aryl methyl sites for hydroxylation is 1. The Morgan fingerprint density at radius 2 is 2.00 bits per heavy atom. The highest BCUT2D eigenvalue weighted by atomic mass is 32.1. The molecule has 30 heavy (non-hydrogen) atoms. The Balaban J connectivity index is 1.72. The molecule has 0 fully saturated rings. The van der Waals surface area contributed by atoms with Crippen molar-refractivity contribution in [2.24, 2.45) is 7.05 Å². The molecule has 1 amide bonds. The van der Waals surface area contributed by atoms with E-state index < -0.39 is 0 Å². The minimum Gasteiger partial charge on any atom is -0.493 e. The van der Waals surface area contributed by atoms with E-state index in [1.807, 2.05) is 64.4 Å². The molecule has 154 valence electrons. The third-order valence-electron chi connectivity index (χ3n) is 5.11. The molecule has 0 atom stereocenters. The lowest BCUT2D eigenvalue weighted by atomic mass is 10.1. The lowest BCUT2D eigenvalue weighted by molar-refractivity contribution is 0.0719. The van der Waals surface area contributed by atoms with Gasteiger partial charge in [-0.2, -0.15) is 0 Å². The summed E-state index contributed by atoms with van der Waals surface area (Å²) in [4.78, 5) is 19.6. The van der Waals surface area contributed by atoms with E-state index in [0.29, 0.717) is 30.3 Å². The lowest BCUT2D eigenvalue weighted by Gasteiger charge is -2.24. The molecular formula is C23H23N3O3S. The van der Waals surface area contributed by atoms with Crippen LogP contribution in [0, 0.1) is 0 Å². The quantitative estimate of drug-likeness (QED) is 0.441. The van der Waals surface area contributed by atoms with E-state index in [9.17, 15) is 4.79 Å². The van der Waals surface area contributed by atoms with Gasteiger partial charge in [-0.15, -0.1) is 11.3 Å². The van der Waals surface area contributed by atoms with Crippen molar-refractivity contribution in [3.63, 3.8) is 0 Å². The number of nitrogens with zero attached hydrogens (tertiary/aromatic N) is 3. The summed E-state index contributed by atoms with van der Waals surface area (Å²) >= 11 is 1.63. The Morgan fingerprint density at radius 1 is 1.13 bits per heavy atom. The van der Waals surface area contributed by atoms with Crippen molar-refractivity contribution < 1.29 is 14.3 Å². The standard InChI is InChI=1S/C23H23N3O3S/c1-25-18-9-11-30-21(18)12-19(25)23(27)26(14-16-6-5-10-24-13-16)15-17-7-4-8-20(28-2)22(17)29-3/h4-13H,14-15H2,1-3H3. The maximum Gasteiger partial charge on any atom is 0.271 e. The lowest BCUT2D eigenvalue weighted by Crippen LogP contribution is -2.31. The molecule has 0 aliphatic rings. The number of hydrogen-bond acceptors (Lipinski definition) is 5. The van der Waals surface area contributed by atoms with Gasteiger partial charge < -0.3 is 18.9 Å². The summed E-state index contributed by atoms with van der Waals surface area (Å²) in [7, 11) is 5.15. The maximum absolute atomic E-state index is 13.6. The molecule has 0 bridgehead atoms. The predicted octanol–water partition coefficient (Wildman–Crippen LogP) is 4.49. The van der Waals surface area contributed by atoms with E-state index in [-0.39, 0.29) is 5.91 Å². The van der Waals surface area contributed by atoms with Crippen LogP contribution < -0.4 is 9.47 Å². The summed E-state index contributed by atoms with van der Waals surface area (Å²) in [6, 6.07) is 13.5. The number of aromatic nitrogens is 2. The molecule has 4 rings (SSSR count). The van der Waals surface area contributed by atoms with Crippen molar-refractivity contribution in [3.8, 4) is 11.5 Å². The number of ether oxygens (including phenoxy) is 2. The second-order valence-corrected chi connectivity index (χ2v) is 7.88. The fraction of sp³-hybridized carbons (Fsp3) is 0.217. The molecule has 0 saturated heterocycles.